The number of benzene rings is 3. The van der Waals surface area contributed by atoms with Crippen LogP contribution in [-0.4, -0.2) is 11.7 Å². The Labute approximate surface area is 218 Å². The molecular weight excluding hydrogens is 820 g/mol. The first kappa shape index (κ1) is 20.3. The van der Waals surface area contributed by atoms with Gasteiger partial charge in [-0.05, 0) is 108 Å². The monoisotopic (exact) mass is 815 g/mol. The number of amidine groups is 1. The summed E-state index contributed by atoms with van der Waals surface area (Å²) >= 11 is 25.3. The van der Waals surface area contributed by atoms with Crippen LogP contribution in [0.5, 0.6) is 0 Å². The van der Waals surface area contributed by atoms with Gasteiger partial charge in [-0.3, -0.25) is 9.69 Å². The molecule has 1 amide bonds. The van der Waals surface area contributed by atoms with Crippen LogP contribution in [-0.2, 0) is 0 Å². The number of carbonyl (C=O) groups is 1. The average Bonchev–Trinajstić information content (AvgIpc) is 2.95. The van der Waals surface area contributed by atoms with Crippen LogP contribution in [0.4, 0.5) is 11.4 Å². The molecule has 0 saturated carbocycles. The zero-order valence-corrected chi connectivity index (χ0v) is 24.3. The van der Waals surface area contributed by atoms with Crippen LogP contribution in [0.25, 0.3) is 10.8 Å². The van der Waals surface area contributed by atoms with Gasteiger partial charge in [0.25, 0.3) is 5.91 Å². The molecular formula is C18H3Br7N2O. The summed E-state index contributed by atoms with van der Waals surface area (Å²) in [7, 11) is 0. The third-order valence-corrected chi connectivity index (χ3v) is 11.3. The topological polar surface area (TPSA) is 32.7 Å². The summed E-state index contributed by atoms with van der Waals surface area (Å²) in [6.45, 7) is 0. The van der Waals surface area contributed by atoms with Crippen LogP contribution < -0.4 is 4.90 Å². The van der Waals surface area contributed by atoms with E-state index >= 15 is 0 Å². The summed E-state index contributed by atoms with van der Waals surface area (Å²) in [4.78, 5) is 20.1. The molecule has 10 heteroatoms. The van der Waals surface area contributed by atoms with Crippen molar-refractivity contribution in [3.63, 3.8) is 0 Å². The van der Waals surface area contributed by atoms with Crippen molar-refractivity contribution < 1.29 is 4.79 Å². The fourth-order valence-electron chi connectivity index (χ4n) is 3.49. The minimum atomic E-state index is -0.135. The number of carbonyl (C=O) groups excluding carboxylic acids is 1. The summed E-state index contributed by atoms with van der Waals surface area (Å²) in [5, 5.41) is 1.90. The number of amides is 1. The SMILES string of the molecule is O=C1c2c(Br)c(Br)c(Br)c(Br)c2C2=Nc3c(Br)cc(Br)c4ccc(Br)c(c34)N12. The molecule has 2 heterocycles. The van der Waals surface area contributed by atoms with Crippen LogP contribution in [0.15, 0.2) is 54.5 Å². The largest absolute Gasteiger partial charge is 0.268 e. The van der Waals surface area contributed by atoms with Crippen LogP contribution in [0.1, 0.15) is 15.9 Å². The van der Waals surface area contributed by atoms with Gasteiger partial charge < -0.3 is 0 Å². The Morgan fingerprint density at radius 3 is 2.07 bits per heavy atom. The molecule has 0 spiro atoms. The predicted molar refractivity (Wildman–Crippen MR) is 137 cm³/mol. The average molecular weight is 823 g/mol. The van der Waals surface area contributed by atoms with E-state index in [9.17, 15) is 4.79 Å². The maximum absolute atomic E-state index is 13.6. The fraction of sp³-hybridized carbons (Fsp3) is 0. The predicted octanol–water partition coefficient (Wildman–Crippen LogP) is 9.23. The van der Waals surface area contributed by atoms with E-state index in [1.165, 1.54) is 0 Å². The standard InChI is InChI=1S/C18H3Br7N2O/c19-5-2-1-4-6(20)3-7(21)15-8(4)16(5)27-17(26-15)9-10(18(27)28)12(23)14(25)13(24)11(9)22/h1-3H. The van der Waals surface area contributed by atoms with Crippen molar-refractivity contribution in [1.82, 2.24) is 0 Å². The molecule has 0 aliphatic carbocycles. The third kappa shape index (κ3) is 2.58. The van der Waals surface area contributed by atoms with Gasteiger partial charge in [-0.15, -0.1) is 0 Å². The lowest BCUT2D eigenvalue weighted by molar-refractivity contribution is 0.101. The molecule has 0 radical (unpaired) electrons. The Hall–Kier alpha value is 0.420. The number of aliphatic imine (C=N–C) groups is 1. The highest BCUT2D eigenvalue weighted by Gasteiger charge is 2.43. The maximum Gasteiger partial charge on any atom is 0.266 e. The summed E-state index contributed by atoms with van der Waals surface area (Å²) < 4.78 is 5.65. The second-order valence-corrected chi connectivity index (χ2v) is 11.8. The summed E-state index contributed by atoms with van der Waals surface area (Å²) in [6.07, 6.45) is 0. The fourth-order valence-corrected chi connectivity index (χ4v) is 7.85. The first-order valence-corrected chi connectivity index (χ1v) is 13.2. The highest BCUT2D eigenvalue weighted by Crippen LogP contribution is 2.54. The Kier molecular flexibility index (Phi) is 5.06. The molecule has 3 aromatic rings. The Morgan fingerprint density at radius 1 is 0.750 bits per heavy atom. The van der Waals surface area contributed by atoms with Gasteiger partial charge in [0.15, 0.2) is 0 Å². The first-order valence-electron chi connectivity index (χ1n) is 7.63. The quantitative estimate of drug-likeness (QED) is 0.165. The van der Waals surface area contributed by atoms with Crippen molar-refractivity contribution in [2.75, 3.05) is 4.90 Å². The van der Waals surface area contributed by atoms with E-state index in [0.29, 0.717) is 15.9 Å². The molecule has 0 aromatic heterocycles. The van der Waals surface area contributed by atoms with Crippen LogP contribution in [0.3, 0.4) is 0 Å². The van der Waals surface area contributed by atoms with Crippen LogP contribution in [0, 0.1) is 0 Å². The minimum absolute atomic E-state index is 0.135. The number of rotatable bonds is 0. The van der Waals surface area contributed by atoms with Crippen molar-refractivity contribution in [2.45, 2.75) is 0 Å². The van der Waals surface area contributed by atoms with E-state index in [4.69, 9.17) is 4.99 Å². The van der Waals surface area contributed by atoms with E-state index < -0.39 is 0 Å². The minimum Gasteiger partial charge on any atom is -0.268 e. The number of hydrogen-bond acceptors (Lipinski definition) is 2. The summed E-state index contributed by atoms with van der Waals surface area (Å²) in [5.41, 5.74) is 2.89. The van der Waals surface area contributed by atoms with Crippen molar-refractivity contribution in [3.05, 3.63) is 60.6 Å². The second kappa shape index (κ2) is 6.97. The molecule has 2 aliphatic heterocycles. The van der Waals surface area contributed by atoms with Gasteiger partial charge in [0.2, 0.25) is 0 Å². The van der Waals surface area contributed by atoms with Crippen LogP contribution in [0.2, 0.25) is 0 Å². The number of anilines is 1. The summed E-state index contributed by atoms with van der Waals surface area (Å²) in [6, 6.07) is 5.95. The molecule has 0 unspecified atom stereocenters. The summed E-state index contributed by atoms with van der Waals surface area (Å²) in [5.74, 6) is 0.453. The molecule has 0 bridgehead atoms. The molecule has 5 rings (SSSR count). The number of nitrogens with zero attached hydrogens (tertiary/aromatic N) is 2. The van der Waals surface area contributed by atoms with Gasteiger partial charge in [-0.2, -0.15) is 0 Å². The van der Waals surface area contributed by atoms with Crippen LogP contribution >= 0.6 is 112 Å². The molecule has 140 valence electrons. The maximum atomic E-state index is 13.6. The molecule has 28 heavy (non-hydrogen) atoms. The number of fused-ring (bicyclic) bond motifs is 4. The lowest BCUT2D eigenvalue weighted by Gasteiger charge is -2.27. The highest BCUT2D eigenvalue weighted by molar-refractivity contribution is 9.15. The second-order valence-electron chi connectivity index (χ2n) is 6.09. The van der Waals surface area contributed by atoms with E-state index in [2.05, 4.69) is 112 Å². The van der Waals surface area contributed by atoms with Gasteiger partial charge in [-0.1, -0.05) is 22.0 Å². The highest BCUT2D eigenvalue weighted by atomic mass is 79.9. The molecule has 0 fully saturated rings. The van der Waals surface area contributed by atoms with Crippen molar-refractivity contribution in [2.24, 2.45) is 4.99 Å². The molecule has 0 N–H and O–H groups in total. The Bertz CT molecular complexity index is 1320. The van der Waals surface area contributed by atoms with E-state index in [1.54, 1.807) is 4.90 Å². The van der Waals surface area contributed by atoms with E-state index in [1.807, 2.05) is 18.2 Å². The van der Waals surface area contributed by atoms with Gasteiger partial charge in [0, 0.05) is 47.6 Å². The third-order valence-electron chi connectivity index (χ3n) is 4.66. The van der Waals surface area contributed by atoms with E-state index in [-0.39, 0.29) is 5.91 Å². The smallest absolute Gasteiger partial charge is 0.266 e. The van der Waals surface area contributed by atoms with E-state index in [0.717, 1.165) is 54.5 Å². The lowest BCUT2D eigenvalue weighted by atomic mass is 10.0. The Morgan fingerprint density at radius 2 is 1.39 bits per heavy atom. The van der Waals surface area contributed by atoms with Gasteiger partial charge in [0.05, 0.1) is 16.9 Å². The lowest BCUT2D eigenvalue weighted by Crippen LogP contribution is -2.32. The molecule has 0 saturated heterocycles. The van der Waals surface area contributed by atoms with Crippen molar-refractivity contribution in [1.29, 1.82) is 0 Å². The zero-order valence-electron chi connectivity index (χ0n) is 13.2. The molecule has 2 aliphatic rings. The molecule has 0 atom stereocenters. The molecule has 3 nitrogen and oxygen atoms in total. The number of halogens is 7. The Balaban J connectivity index is 1.98. The normalized spacial score (nSPS) is 14.5. The zero-order chi connectivity index (χ0) is 20.1. The number of hydrogen-bond donors (Lipinski definition) is 0. The van der Waals surface area contributed by atoms with Gasteiger partial charge in [-0.25, -0.2) is 4.99 Å². The molecule has 3 aromatic carbocycles. The van der Waals surface area contributed by atoms with Gasteiger partial charge >= 0.3 is 0 Å². The van der Waals surface area contributed by atoms with Crippen molar-refractivity contribution in [3.8, 4) is 0 Å². The van der Waals surface area contributed by atoms with Gasteiger partial charge in [0.1, 0.15) is 5.84 Å². The first-order chi connectivity index (χ1) is 13.2. The van der Waals surface area contributed by atoms with Crippen molar-refractivity contribution >= 4 is 145 Å².